The second kappa shape index (κ2) is 6.12. The Morgan fingerprint density at radius 2 is 2.14 bits per heavy atom. The van der Waals surface area contributed by atoms with Crippen LogP contribution in [0, 0.1) is 16.0 Å². The highest BCUT2D eigenvalue weighted by atomic mass is 16.6. The molecule has 1 aromatic rings. The number of hydrazone groups is 1. The monoisotopic (exact) mass is 290 g/mol. The number of benzene rings is 1. The minimum absolute atomic E-state index is 0.0374. The summed E-state index contributed by atoms with van der Waals surface area (Å²) in [4.78, 5) is 33.5. The van der Waals surface area contributed by atoms with Crippen molar-refractivity contribution in [1.82, 2.24) is 5.43 Å². The van der Waals surface area contributed by atoms with Gasteiger partial charge < -0.3 is 5.32 Å². The smallest absolute Gasteiger partial charge is 0.269 e. The van der Waals surface area contributed by atoms with Gasteiger partial charge in [-0.2, -0.15) is 5.10 Å². The maximum atomic E-state index is 11.9. The van der Waals surface area contributed by atoms with Gasteiger partial charge in [0, 0.05) is 30.0 Å². The number of hydrogen-bond acceptors (Lipinski definition) is 5. The fourth-order valence-corrected chi connectivity index (χ4v) is 2.00. The van der Waals surface area contributed by atoms with Crippen LogP contribution >= 0.6 is 0 Å². The lowest BCUT2D eigenvalue weighted by Gasteiger charge is -2.19. The number of nitro benzene ring substituents is 1. The van der Waals surface area contributed by atoms with Crippen molar-refractivity contribution in [3.8, 4) is 0 Å². The van der Waals surface area contributed by atoms with Crippen LogP contribution in [0.15, 0.2) is 29.4 Å². The zero-order chi connectivity index (χ0) is 15.4. The zero-order valence-electron chi connectivity index (χ0n) is 11.3. The van der Waals surface area contributed by atoms with Crippen molar-refractivity contribution >= 4 is 28.9 Å². The van der Waals surface area contributed by atoms with Crippen molar-refractivity contribution in [3.63, 3.8) is 0 Å². The Hall–Kier alpha value is -2.77. The number of carbonyl (C=O) groups excluding carboxylic acids is 2. The maximum absolute atomic E-state index is 11.9. The quantitative estimate of drug-likeness (QED) is 0.645. The minimum atomic E-state index is -0.514. The lowest BCUT2D eigenvalue weighted by atomic mass is 9.96. The number of nitrogens with zero attached hydrogens (tertiary/aromatic N) is 2. The van der Waals surface area contributed by atoms with E-state index in [1.165, 1.54) is 24.3 Å². The van der Waals surface area contributed by atoms with E-state index in [1.54, 1.807) is 6.92 Å². The molecular weight excluding hydrogens is 276 g/mol. The Kier molecular flexibility index (Phi) is 4.27. The van der Waals surface area contributed by atoms with Crippen LogP contribution in [0.3, 0.4) is 0 Å². The molecular formula is C13H14N4O4. The third kappa shape index (κ3) is 3.85. The fraction of sp³-hybridized carbons (Fsp3) is 0.308. The molecule has 110 valence electrons. The highest BCUT2D eigenvalue weighted by molar-refractivity contribution is 5.98. The van der Waals surface area contributed by atoms with E-state index in [2.05, 4.69) is 15.8 Å². The molecule has 0 aliphatic carbocycles. The summed E-state index contributed by atoms with van der Waals surface area (Å²) in [5.74, 6) is -1.04. The van der Waals surface area contributed by atoms with Gasteiger partial charge in [-0.1, -0.05) is 0 Å². The van der Waals surface area contributed by atoms with E-state index >= 15 is 0 Å². The number of anilines is 1. The Balaban J connectivity index is 1.94. The number of hydrogen-bond donors (Lipinski definition) is 2. The van der Waals surface area contributed by atoms with Crippen LogP contribution in [0.5, 0.6) is 0 Å². The van der Waals surface area contributed by atoms with Gasteiger partial charge >= 0.3 is 0 Å². The van der Waals surface area contributed by atoms with Crippen molar-refractivity contribution in [1.29, 1.82) is 0 Å². The number of nitrogens with one attached hydrogen (secondary N) is 2. The summed E-state index contributed by atoms with van der Waals surface area (Å²) >= 11 is 0. The van der Waals surface area contributed by atoms with Crippen molar-refractivity contribution < 1.29 is 14.5 Å². The third-order valence-corrected chi connectivity index (χ3v) is 3.06. The van der Waals surface area contributed by atoms with Gasteiger partial charge in [-0.25, -0.2) is 5.43 Å². The van der Waals surface area contributed by atoms with Gasteiger partial charge in [0.05, 0.1) is 10.8 Å². The molecule has 8 heteroatoms. The number of amides is 2. The van der Waals surface area contributed by atoms with Gasteiger partial charge in [0.1, 0.15) is 0 Å². The lowest BCUT2D eigenvalue weighted by molar-refractivity contribution is -0.384. The summed E-state index contributed by atoms with van der Waals surface area (Å²) in [5.41, 5.74) is 3.53. The van der Waals surface area contributed by atoms with Gasteiger partial charge in [0.25, 0.3) is 5.69 Å². The SMILES string of the molecule is CC1=NNC(=O)[C@H](CC(=O)Nc2ccc([N+](=O)[O-])cc2)C1. The molecule has 21 heavy (non-hydrogen) atoms. The molecule has 0 aromatic heterocycles. The molecule has 0 saturated heterocycles. The van der Waals surface area contributed by atoms with Gasteiger partial charge in [-0.15, -0.1) is 0 Å². The van der Waals surface area contributed by atoms with Crippen LogP contribution < -0.4 is 10.7 Å². The molecule has 1 heterocycles. The largest absolute Gasteiger partial charge is 0.326 e. The summed E-state index contributed by atoms with van der Waals surface area (Å²) in [6.45, 7) is 1.78. The van der Waals surface area contributed by atoms with E-state index in [9.17, 15) is 19.7 Å². The third-order valence-electron chi connectivity index (χ3n) is 3.06. The van der Waals surface area contributed by atoms with Gasteiger partial charge in [0.15, 0.2) is 0 Å². The summed E-state index contributed by atoms with van der Waals surface area (Å²) in [7, 11) is 0. The average Bonchev–Trinajstić information content (AvgIpc) is 2.43. The van der Waals surface area contributed by atoms with E-state index in [4.69, 9.17) is 0 Å². The Labute approximate surface area is 120 Å². The standard InChI is InChI=1S/C13H14N4O4/c1-8-6-9(13(19)16-15-8)7-12(18)14-10-2-4-11(5-3-10)17(20)21/h2-5,9H,6-7H2,1H3,(H,14,18)(H,16,19)/t9-/m0/s1. The first kappa shape index (κ1) is 14.6. The van der Waals surface area contributed by atoms with E-state index in [0.717, 1.165) is 5.71 Å². The molecule has 2 N–H and O–H groups in total. The van der Waals surface area contributed by atoms with E-state index in [1.807, 2.05) is 0 Å². The van der Waals surface area contributed by atoms with E-state index in [0.29, 0.717) is 12.1 Å². The normalized spacial score (nSPS) is 17.7. The molecule has 0 fully saturated rings. The molecule has 0 saturated carbocycles. The van der Waals surface area contributed by atoms with E-state index in [-0.39, 0.29) is 23.9 Å². The molecule has 0 unspecified atom stereocenters. The van der Waals surface area contributed by atoms with Crippen molar-refractivity contribution in [2.45, 2.75) is 19.8 Å². The Bertz CT molecular complexity index is 609. The van der Waals surface area contributed by atoms with Crippen LogP contribution in [0.25, 0.3) is 0 Å². The van der Waals surface area contributed by atoms with Crippen molar-refractivity contribution in [2.24, 2.45) is 11.0 Å². The van der Waals surface area contributed by atoms with Crippen LogP contribution in [0.2, 0.25) is 0 Å². The molecule has 2 rings (SSSR count). The first-order chi connectivity index (χ1) is 9.95. The summed E-state index contributed by atoms with van der Waals surface area (Å²) in [6.07, 6.45) is 0.481. The number of nitro groups is 1. The van der Waals surface area contributed by atoms with Crippen LogP contribution in [0.1, 0.15) is 19.8 Å². The Morgan fingerprint density at radius 1 is 1.48 bits per heavy atom. The van der Waals surface area contributed by atoms with Crippen molar-refractivity contribution in [3.05, 3.63) is 34.4 Å². The van der Waals surface area contributed by atoms with E-state index < -0.39 is 10.8 Å². The number of non-ortho nitro benzene ring substituents is 1. The summed E-state index contributed by atoms with van der Waals surface area (Å²) < 4.78 is 0. The molecule has 0 spiro atoms. The number of rotatable bonds is 4. The fourth-order valence-electron chi connectivity index (χ4n) is 2.00. The predicted octanol–water partition coefficient (Wildman–Crippen LogP) is 1.44. The van der Waals surface area contributed by atoms with Crippen LogP contribution in [-0.2, 0) is 9.59 Å². The molecule has 1 aliphatic rings. The van der Waals surface area contributed by atoms with Crippen LogP contribution in [0.4, 0.5) is 11.4 Å². The molecule has 1 aliphatic heterocycles. The van der Waals surface area contributed by atoms with Gasteiger partial charge in [-0.05, 0) is 25.5 Å². The Morgan fingerprint density at radius 3 is 2.76 bits per heavy atom. The van der Waals surface area contributed by atoms with Crippen molar-refractivity contribution in [2.75, 3.05) is 5.32 Å². The molecule has 0 bridgehead atoms. The molecule has 2 amide bonds. The highest BCUT2D eigenvalue weighted by Crippen LogP contribution is 2.18. The average molecular weight is 290 g/mol. The second-order valence-corrected chi connectivity index (χ2v) is 4.78. The first-order valence-corrected chi connectivity index (χ1v) is 6.33. The summed E-state index contributed by atoms with van der Waals surface area (Å²) in [6, 6.07) is 5.51. The molecule has 1 aromatic carbocycles. The lowest BCUT2D eigenvalue weighted by Crippen LogP contribution is -2.35. The maximum Gasteiger partial charge on any atom is 0.269 e. The minimum Gasteiger partial charge on any atom is -0.326 e. The topological polar surface area (TPSA) is 114 Å². The van der Waals surface area contributed by atoms with Crippen LogP contribution in [-0.4, -0.2) is 22.4 Å². The van der Waals surface area contributed by atoms with Gasteiger partial charge in [0.2, 0.25) is 11.8 Å². The molecule has 1 atom stereocenters. The first-order valence-electron chi connectivity index (χ1n) is 6.33. The molecule has 0 radical (unpaired) electrons. The zero-order valence-corrected chi connectivity index (χ0v) is 11.3. The molecule has 8 nitrogen and oxygen atoms in total. The van der Waals surface area contributed by atoms with Gasteiger partial charge in [-0.3, -0.25) is 19.7 Å². The number of carbonyl (C=O) groups is 2. The highest BCUT2D eigenvalue weighted by Gasteiger charge is 2.25. The predicted molar refractivity (Wildman–Crippen MR) is 75.7 cm³/mol. The second-order valence-electron chi connectivity index (χ2n) is 4.78. The summed E-state index contributed by atoms with van der Waals surface area (Å²) in [5, 5.41) is 16.9.